The minimum absolute atomic E-state index is 0.439. The molecule has 0 aliphatic heterocycles. The molecule has 0 bridgehead atoms. The molecule has 0 amide bonds. The summed E-state index contributed by atoms with van der Waals surface area (Å²) in [6.07, 6.45) is 6.06. The van der Waals surface area contributed by atoms with E-state index in [1.54, 1.807) is 0 Å². The quantitative estimate of drug-likeness (QED) is 0.756. The number of aromatic nitrogens is 1. The third-order valence-electron chi connectivity index (χ3n) is 4.48. The van der Waals surface area contributed by atoms with Crippen molar-refractivity contribution >= 4 is 23.0 Å². The average molecular weight is 304 g/mol. The molecule has 0 saturated heterocycles. The molecule has 1 aromatic rings. The van der Waals surface area contributed by atoms with Gasteiger partial charge in [0.15, 0.2) is 0 Å². The van der Waals surface area contributed by atoms with Crippen LogP contribution in [0.1, 0.15) is 43.0 Å². The zero-order valence-electron chi connectivity index (χ0n) is 12.7. The standard InChI is InChI=1S/C16H24N4S/c1-2-20(12-6-7-12)9-8-18-16-13(15(17)21)10-11-4-3-5-14(11)19-16/h10,12H,2-9H2,1H3,(H2,17,21)(H,18,19). The number of rotatable bonds is 7. The monoisotopic (exact) mass is 304 g/mol. The smallest absolute Gasteiger partial charge is 0.136 e. The van der Waals surface area contributed by atoms with Crippen molar-refractivity contribution < 1.29 is 0 Å². The largest absolute Gasteiger partial charge is 0.389 e. The lowest BCUT2D eigenvalue weighted by Crippen LogP contribution is -2.31. The summed E-state index contributed by atoms with van der Waals surface area (Å²) in [4.78, 5) is 7.73. The van der Waals surface area contributed by atoms with Gasteiger partial charge in [0.25, 0.3) is 0 Å². The molecule has 1 aromatic heterocycles. The number of nitrogens with two attached hydrogens (primary N) is 1. The Bertz CT molecular complexity index is 539. The summed E-state index contributed by atoms with van der Waals surface area (Å²) in [6, 6.07) is 2.94. The Morgan fingerprint density at radius 1 is 1.48 bits per heavy atom. The maximum atomic E-state index is 5.87. The number of likely N-dealkylation sites (N-methyl/N-ethyl adjacent to an activating group) is 1. The minimum atomic E-state index is 0.439. The number of nitrogens with one attached hydrogen (secondary N) is 1. The van der Waals surface area contributed by atoms with Crippen LogP contribution in [0, 0.1) is 0 Å². The first-order valence-corrected chi connectivity index (χ1v) is 8.40. The molecule has 2 aliphatic rings. The van der Waals surface area contributed by atoms with E-state index in [4.69, 9.17) is 22.9 Å². The molecule has 0 radical (unpaired) electrons. The molecule has 2 aliphatic carbocycles. The van der Waals surface area contributed by atoms with Crippen molar-refractivity contribution in [2.45, 2.75) is 45.1 Å². The Morgan fingerprint density at radius 2 is 2.29 bits per heavy atom. The van der Waals surface area contributed by atoms with Gasteiger partial charge in [-0.2, -0.15) is 0 Å². The Kier molecular flexibility index (Phi) is 4.40. The average Bonchev–Trinajstić information content (AvgIpc) is 3.20. The normalized spacial score (nSPS) is 17.0. The fourth-order valence-electron chi connectivity index (χ4n) is 3.15. The number of nitrogens with zero attached hydrogens (tertiary/aromatic N) is 2. The van der Waals surface area contributed by atoms with E-state index in [0.717, 1.165) is 49.9 Å². The van der Waals surface area contributed by atoms with Gasteiger partial charge >= 0.3 is 0 Å². The summed E-state index contributed by atoms with van der Waals surface area (Å²) >= 11 is 5.18. The van der Waals surface area contributed by atoms with Gasteiger partial charge in [-0.25, -0.2) is 4.98 Å². The predicted octanol–water partition coefficient (Wildman–Crippen LogP) is 2.10. The first-order chi connectivity index (χ1) is 10.2. The van der Waals surface area contributed by atoms with E-state index >= 15 is 0 Å². The molecular formula is C16H24N4S. The highest BCUT2D eigenvalue weighted by molar-refractivity contribution is 7.80. The van der Waals surface area contributed by atoms with Gasteiger partial charge in [-0.1, -0.05) is 19.1 Å². The van der Waals surface area contributed by atoms with Crippen LogP contribution in [0.15, 0.2) is 6.07 Å². The summed E-state index contributed by atoms with van der Waals surface area (Å²) in [5, 5.41) is 3.45. The highest BCUT2D eigenvalue weighted by Crippen LogP contribution is 2.27. The Labute approximate surface area is 132 Å². The van der Waals surface area contributed by atoms with Gasteiger partial charge in [-0.15, -0.1) is 0 Å². The van der Waals surface area contributed by atoms with Crippen molar-refractivity contribution in [3.8, 4) is 0 Å². The zero-order chi connectivity index (χ0) is 14.8. The van der Waals surface area contributed by atoms with Crippen molar-refractivity contribution in [1.82, 2.24) is 9.88 Å². The van der Waals surface area contributed by atoms with Crippen LogP contribution >= 0.6 is 12.2 Å². The topological polar surface area (TPSA) is 54.2 Å². The van der Waals surface area contributed by atoms with Gasteiger partial charge in [0.05, 0.1) is 5.56 Å². The Hall–Kier alpha value is -1.20. The van der Waals surface area contributed by atoms with Crippen molar-refractivity contribution in [3.63, 3.8) is 0 Å². The Balaban J connectivity index is 1.67. The van der Waals surface area contributed by atoms with Crippen LogP contribution in [0.3, 0.4) is 0 Å². The summed E-state index contributed by atoms with van der Waals surface area (Å²) in [6.45, 7) is 5.29. The van der Waals surface area contributed by atoms with E-state index in [1.165, 1.54) is 30.5 Å². The SMILES string of the molecule is CCN(CCNc1nc2c(cc1C(N)=S)CCC2)C1CC1. The third-order valence-corrected chi connectivity index (χ3v) is 4.70. The second-order valence-corrected chi connectivity index (χ2v) is 6.43. The van der Waals surface area contributed by atoms with Crippen LogP contribution in [0.2, 0.25) is 0 Å². The molecule has 0 spiro atoms. The fourth-order valence-corrected chi connectivity index (χ4v) is 3.31. The van der Waals surface area contributed by atoms with E-state index in [9.17, 15) is 0 Å². The lowest BCUT2D eigenvalue weighted by molar-refractivity contribution is 0.289. The molecule has 1 saturated carbocycles. The second-order valence-electron chi connectivity index (χ2n) is 5.99. The number of thiocarbonyl (C=S) groups is 1. The molecule has 4 nitrogen and oxygen atoms in total. The maximum absolute atomic E-state index is 5.87. The van der Waals surface area contributed by atoms with Gasteiger partial charge in [0.2, 0.25) is 0 Å². The molecule has 0 aromatic carbocycles. The fraction of sp³-hybridized carbons (Fsp3) is 0.625. The van der Waals surface area contributed by atoms with E-state index < -0.39 is 0 Å². The van der Waals surface area contributed by atoms with Gasteiger partial charge < -0.3 is 11.1 Å². The number of anilines is 1. The number of hydrogen-bond donors (Lipinski definition) is 2. The molecule has 3 N–H and O–H groups in total. The van der Waals surface area contributed by atoms with Crippen molar-refractivity contribution in [2.75, 3.05) is 25.0 Å². The first-order valence-electron chi connectivity index (χ1n) is 7.99. The van der Waals surface area contributed by atoms with E-state index in [0.29, 0.717) is 4.99 Å². The van der Waals surface area contributed by atoms with Crippen LogP contribution < -0.4 is 11.1 Å². The first kappa shape index (κ1) is 14.7. The second kappa shape index (κ2) is 6.28. The molecule has 5 heteroatoms. The van der Waals surface area contributed by atoms with Crippen LogP contribution in [-0.4, -0.2) is 40.5 Å². The number of hydrogen-bond acceptors (Lipinski definition) is 4. The number of aryl methyl sites for hydroxylation is 2. The lowest BCUT2D eigenvalue weighted by Gasteiger charge is -2.20. The van der Waals surface area contributed by atoms with Gasteiger partial charge in [0, 0.05) is 24.8 Å². The molecule has 114 valence electrons. The molecule has 3 rings (SSSR count). The number of fused-ring (bicyclic) bond motifs is 1. The van der Waals surface area contributed by atoms with Crippen molar-refractivity contribution in [2.24, 2.45) is 5.73 Å². The van der Waals surface area contributed by atoms with E-state index in [-0.39, 0.29) is 0 Å². The van der Waals surface area contributed by atoms with E-state index in [2.05, 4.69) is 23.2 Å². The molecular weight excluding hydrogens is 280 g/mol. The van der Waals surface area contributed by atoms with Crippen LogP contribution in [-0.2, 0) is 12.8 Å². The molecule has 1 fully saturated rings. The zero-order valence-corrected chi connectivity index (χ0v) is 13.5. The maximum Gasteiger partial charge on any atom is 0.136 e. The summed E-state index contributed by atoms with van der Waals surface area (Å²) < 4.78 is 0. The van der Waals surface area contributed by atoms with Crippen molar-refractivity contribution in [3.05, 3.63) is 22.9 Å². The highest BCUT2D eigenvalue weighted by atomic mass is 32.1. The minimum Gasteiger partial charge on any atom is -0.389 e. The summed E-state index contributed by atoms with van der Waals surface area (Å²) in [5.41, 5.74) is 9.30. The predicted molar refractivity (Wildman–Crippen MR) is 90.9 cm³/mol. The summed E-state index contributed by atoms with van der Waals surface area (Å²) in [5.74, 6) is 0.870. The third kappa shape index (κ3) is 3.35. The van der Waals surface area contributed by atoms with Gasteiger partial charge in [-0.3, -0.25) is 4.90 Å². The summed E-state index contributed by atoms with van der Waals surface area (Å²) in [7, 11) is 0. The molecule has 21 heavy (non-hydrogen) atoms. The molecule has 0 atom stereocenters. The van der Waals surface area contributed by atoms with Crippen molar-refractivity contribution in [1.29, 1.82) is 0 Å². The van der Waals surface area contributed by atoms with Crippen LogP contribution in [0.4, 0.5) is 5.82 Å². The highest BCUT2D eigenvalue weighted by Gasteiger charge is 2.27. The number of pyridine rings is 1. The lowest BCUT2D eigenvalue weighted by atomic mass is 10.1. The van der Waals surface area contributed by atoms with Crippen LogP contribution in [0.25, 0.3) is 0 Å². The van der Waals surface area contributed by atoms with Gasteiger partial charge in [-0.05, 0) is 50.3 Å². The molecule has 1 heterocycles. The van der Waals surface area contributed by atoms with Crippen LogP contribution in [0.5, 0.6) is 0 Å². The molecule has 0 unspecified atom stereocenters. The Morgan fingerprint density at radius 3 is 2.95 bits per heavy atom. The van der Waals surface area contributed by atoms with E-state index in [1.807, 2.05) is 0 Å². The van der Waals surface area contributed by atoms with Gasteiger partial charge in [0.1, 0.15) is 10.8 Å².